The van der Waals surface area contributed by atoms with Crippen molar-refractivity contribution in [3.05, 3.63) is 64.8 Å². The van der Waals surface area contributed by atoms with Gasteiger partial charge in [0.05, 0.1) is 15.1 Å². The van der Waals surface area contributed by atoms with Gasteiger partial charge in [0, 0.05) is 23.3 Å². The highest BCUT2D eigenvalue weighted by atomic mass is 32.1. The van der Waals surface area contributed by atoms with Crippen LogP contribution in [0.25, 0.3) is 10.1 Å². The summed E-state index contributed by atoms with van der Waals surface area (Å²) in [6, 6.07) is 11.5. The highest BCUT2D eigenvalue weighted by Gasteiger charge is 2.09. The number of primary amides is 1. The fourth-order valence-electron chi connectivity index (χ4n) is 1.84. The summed E-state index contributed by atoms with van der Waals surface area (Å²) in [7, 11) is 0. The van der Waals surface area contributed by atoms with Crippen LogP contribution < -0.4 is 5.73 Å². The second kappa shape index (κ2) is 5.16. The molecule has 0 saturated carbocycles. The van der Waals surface area contributed by atoms with Crippen molar-refractivity contribution in [3.8, 4) is 11.8 Å². The number of rotatable bonds is 1. The molecule has 3 nitrogen and oxygen atoms in total. The van der Waals surface area contributed by atoms with Gasteiger partial charge in [0.15, 0.2) is 0 Å². The average molecular weight is 278 g/mol. The molecule has 0 aliphatic carbocycles. The summed E-state index contributed by atoms with van der Waals surface area (Å²) >= 11 is 1.34. The van der Waals surface area contributed by atoms with Crippen molar-refractivity contribution in [1.29, 1.82) is 0 Å². The lowest BCUT2D eigenvalue weighted by atomic mass is 10.1. The standard InChI is InChI=1S/C16H10N2OS/c17-16(19)14-8-13-12(9-18-10-15(13)20-14)7-6-11-4-2-1-3-5-11/h1-5,8-10H,(H2,17,19). The van der Waals surface area contributed by atoms with E-state index in [4.69, 9.17) is 5.73 Å². The van der Waals surface area contributed by atoms with Crippen molar-refractivity contribution in [3.63, 3.8) is 0 Å². The van der Waals surface area contributed by atoms with E-state index in [1.54, 1.807) is 18.5 Å². The number of carbonyl (C=O) groups is 1. The predicted molar refractivity (Wildman–Crippen MR) is 80.6 cm³/mol. The van der Waals surface area contributed by atoms with Crippen LogP contribution in [0.2, 0.25) is 0 Å². The number of benzene rings is 1. The van der Waals surface area contributed by atoms with Crippen molar-refractivity contribution in [1.82, 2.24) is 4.98 Å². The Morgan fingerprint density at radius 3 is 2.70 bits per heavy atom. The molecule has 0 aliphatic heterocycles. The minimum Gasteiger partial charge on any atom is -0.365 e. The number of hydrogen-bond acceptors (Lipinski definition) is 3. The molecule has 0 unspecified atom stereocenters. The first-order valence-corrected chi connectivity index (χ1v) is 6.80. The van der Waals surface area contributed by atoms with Gasteiger partial charge < -0.3 is 5.73 Å². The molecule has 3 rings (SSSR count). The molecule has 0 saturated heterocycles. The van der Waals surface area contributed by atoms with E-state index in [0.29, 0.717) is 4.88 Å². The topological polar surface area (TPSA) is 56.0 Å². The molecular weight excluding hydrogens is 268 g/mol. The van der Waals surface area contributed by atoms with Crippen LogP contribution in [-0.4, -0.2) is 10.9 Å². The van der Waals surface area contributed by atoms with E-state index in [1.165, 1.54) is 11.3 Å². The van der Waals surface area contributed by atoms with E-state index in [-0.39, 0.29) is 0 Å². The maximum atomic E-state index is 11.2. The largest absolute Gasteiger partial charge is 0.365 e. The number of hydrogen-bond donors (Lipinski definition) is 1. The Bertz CT molecular complexity index is 841. The molecule has 2 aromatic heterocycles. The fraction of sp³-hybridized carbons (Fsp3) is 0. The third-order valence-electron chi connectivity index (χ3n) is 2.80. The molecule has 0 aliphatic rings. The molecule has 3 aromatic rings. The Hall–Kier alpha value is -2.64. The third kappa shape index (κ3) is 2.40. The van der Waals surface area contributed by atoms with E-state index < -0.39 is 5.91 Å². The van der Waals surface area contributed by atoms with Crippen molar-refractivity contribution in [2.24, 2.45) is 5.73 Å². The van der Waals surface area contributed by atoms with Crippen LogP contribution in [0.1, 0.15) is 20.8 Å². The first-order valence-electron chi connectivity index (χ1n) is 5.98. The maximum absolute atomic E-state index is 11.2. The van der Waals surface area contributed by atoms with Gasteiger partial charge in [0.2, 0.25) is 0 Å². The Morgan fingerprint density at radius 2 is 1.95 bits per heavy atom. The molecule has 0 atom stereocenters. The van der Waals surface area contributed by atoms with Crippen LogP contribution in [-0.2, 0) is 0 Å². The summed E-state index contributed by atoms with van der Waals surface area (Å²) < 4.78 is 0.915. The minimum atomic E-state index is -0.423. The van der Waals surface area contributed by atoms with Crippen molar-refractivity contribution in [2.45, 2.75) is 0 Å². The van der Waals surface area contributed by atoms with Crippen LogP contribution in [0.3, 0.4) is 0 Å². The number of nitrogens with zero attached hydrogens (tertiary/aromatic N) is 1. The first kappa shape index (κ1) is 12.4. The summed E-state index contributed by atoms with van der Waals surface area (Å²) in [6.45, 7) is 0. The van der Waals surface area contributed by atoms with E-state index in [0.717, 1.165) is 21.2 Å². The van der Waals surface area contributed by atoms with Crippen molar-refractivity contribution in [2.75, 3.05) is 0 Å². The zero-order chi connectivity index (χ0) is 13.9. The molecular formula is C16H10N2OS. The second-order valence-electron chi connectivity index (χ2n) is 4.19. The minimum absolute atomic E-state index is 0.423. The van der Waals surface area contributed by atoms with Gasteiger partial charge in [0.25, 0.3) is 5.91 Å². The van der Waals surface area contributed by atoms with Gasteiger partial charge in [-0.05, 0) is 18.2 Å². The maximum Gasteiger partial charge on any atom is 0.258 e. The van der Waals surface area contributed by atoms with E-state index in [9.17, 15) is 4.79 Å². The Kier molecular flexibility index (Phi) is 3.20. The van der Waals surface area contributed by atoms with E-state index in [2.05, 4.69) is 16.8 Å². The summed E-state index contributed by atoms with van der Waals surface area (Å²) in [6.07, 6.45) is 3.43. The number of pyridine rings is 1. The molecule has 4 heteroatoms. The van der Waals surface area contributed by atoms with Gasteiger partial charge >= 0.3 is 0 Å². The zero-order valence-corrected chi connectivity index (χ0v) is 11.3. The molecule has 0 radical (unpaired) electrons. The molecule has 2 heterocycles. The van der Waals surface area contributed by atoms with Gasteiger partial charge in [-0.15, -0.1) is 11.3 Å². The summed E-state index contributed by atoms with van der Waals surface area (Å²) in [5, 5.41) is 0.919. The fourth-order valence-corrected chi connectivity index (χ4v) is 2.75. The number of aromatic nitrogens is 1. The Balaban J connectivity index is 2.08. The van der Waals surface area contributed by atoms with Gasteiger partial charge in [-0.2, -0.15) is 0 Å². The van der Waals surface area contributed by atoms with E-state index >= 15 is 0 Å². The normalized spacial score (nSPS) is 10.0. The van der Waals surface area contributed by atoms with Crippen LogP contribution in [0.15, 0.2) is 48.8 Å². The predicted octanol–water partition coefficient (Wildman–Crippen LogP) is 2.80. The number of fused-ring (bicyclic) bond motifs is 1. The lowest BCUT2D eigenvalue weighted by Crippen LogP contribution is -2.08. The Labute approximate surface area is 120 Å². The van der Waals surface area contributed by atoms with Gasteiger partial charge in [-0.25, -0.2) is 0 Å². The van der Waals surface area contributed by atoms with Crippen molar-refractivity contribution >= 4 is 27.3 Å². The van der Waals surface area contributed by atoms with Crippen molar-refractivity contribution < 1.29 is 4.79 Å². The molecule has 1 aromatic carbocycles. The molecule has 1 amide bonds. The molecule has 0 fully saturated rings. The highest BCUT2D eigenvalue weighted by molar-refractivity contribution is 7.20. The first-order chi connectivity index (χ1) is 9.74. The highest BCUT2D eigenvalue weighted by Crippen LogP contribution is 2.26. The van der Waals surface area contributed by atoms with Gasteiger partial charge in [0.1, 0.15) is 0 Å². The number of carbonyl (C=O) groups excluding carboxylic acids is 1. The number of nitrogens with two attached hydrogens (primary N) is 1. The zero-order valence-electron chi connectivity index (χ0n) is 10.5. The van der Waals surface area contributed by atoms with Gasteiger partial charge in [-0.1, -0.05) is 30.0 Å². The molecule has 96 valence electrons. The lowest BCUT2D eigenvalue weighted by Gasteiger charge is -1.92. The number of thiophene rings is 1. The number of amides is 1. The van der Waals surface area contributed by atoms with Crippen LogP contribution >= 0.6 is 11.3 Å². The third-order valence-corrected chi connectivity index (χ3v) is 3.89. The van der Waals surface area contributed by atoms with Gasteiger partial charge in [-0.3, -0.25) is 9.78 Å². The molecule has 20 heavy (non-hydrogen) atoms. The summed E-state index contributed by atoms with van der Waals surface area (Å²) in [4.78, 5) is 15.9. The second-order valence-corrected chi connectivity index (χ2v) is 5.27. The molecule has 0 bridgehead atoms. The SMILES string of the molecule is NC(=O)c1cc2c(C#Cc3ccccc3)cncc2s1. The lowest BCUT2D eigenvalue weighted by molar-refractivity contribution is 0.100. The van der Waals surface area contributed by atoms with Crippen LogP contribution in [0.4, 0.5) is 0 Å². The van der Waals surface area contributed by atoms with Crippen LogP contribution in [0, 0.1) is 11.8 Å². The molecule has 0 spiro atoms. The monoisotopic (exact) mass is 278 g/mol. The smallest absolute Gasteiger partial charge is 0.258 e. The Morgan fingerprint density at radius 1 is 1.15 bits per heavy atom. The quantitative estimate of drug-likeness (QED) is 0.696. The van der Waals surface area contributed by atoms with Crippen LogP contribution in [0.5, 0.6) is 0 Å². The summed E-state index contributed by atoms with van der Waals surface area (Å²) in [5.41, 5.74) is 7.05. The summed E-state index contributed by atoms with van der Waals surface area (Å²) in [5.74, 6) is 5.77. The van der Waals surface area contributed by atoms with E-state index in [1.807, 2.05) is 30.3 Å². The molecule has 2 N–H and O–H groups in total. The average Bonchev–Trinajstić information content (AvgIpc) is 2.91.